The number of hydrogen-bond acceptors (Lipinski definition) is 3. The molecule has 2 atom stereocenters. The van der Waals surface area contributed by atoms with E-state index in [1.165, 1.54) is 0 Å². The van der Waals surface area contributed by atoms with Crippen molar-refractivity contribution in [3.8, 4) is 0 Å². The Bertz CT molecular complexity index is 530. The first-order chi connectivity index (χ1) is 10.0. The van der Waals surface area contributed by atoms with Crippen molar-refractivity contribution in [3.05, 3.63) is 29.8 Å². The van der Waals surface area contributed by atoms with Crippen LogP contribution in [0.1, 0.15) is 37.6 Å². The smallest absolute Gasteiger partial charge is 0.322 e. The number of amides is 2. The fraction of sp³-hybridized carbons (Fsp3) is 0.500. The van der Waals surface area contributed by atoms with E-state index in [9.17, 15) is 9.59 Å². The highest BCUT2D eigenvalue weighted by Crippen LogP contribution is 2.17. The molecule has 114 valence electrons. The zero-order valence-corrected chi connectivity index (χ0v) is 12.8. The number of nitrogens with one attached hydrogen (secondary N) is 1. The fourth-order valence-electron chi connectivity index (χ4n) is 2.39. The quantitative estimate of drug-likeness (QED) is 0.871. The van der Waals surface area contributed by atoms with Crippen LogP contribution in [0.2, 0.25) is 0 Å². The molecular formula is C16H22N2O3. The minimum absolute atomic E-state index is 0.0255. The second-order valence-corrected chi connectivity index (χ2v) is 5.30. The zero-order valence-electron chi connectivity index (χ0n) is 12.8. The molecule has 0 bridgehead atoms. The molecule has 0 aromatic heterocycles. The van der Waals surface area contributed by atoms with E-state index in [2.05, 4.69) is 5.32 Å². The Labute approximate surface area is 125 Å². The van der Waals surface area contributed by atoms with Gasteiger partial charge in [-0.1, -0.05) is 19.1 Å². The van der Waals surface area contributed by atoms with Gasteiger partial charge in [0.25, 0.3) is 0 Å². The lowest BCUT2D eigenvalue weighted by molar-refractivity contribution is -0.0355. The standard InChI is InChI=1S/C16H22N2O3/c1-4-15(19)13-6-5-7-14(10-13)17-16(20)18-8-9-21-12(3)11(18)2/h5-7,10-12H,4,8-9H2,1-3H3,(H,17,20)/t11-,12+/m0/s1. The molecule has 1 aliphatic rings. The number of carbonyl (C=O) groups is 2. The topological polar surface area (TPSA) is 58.6 Å². The molecule has 5 nitrogen and oxygen atoms in total. The number of ether oxygens (including phenoxy) is 1. The fourth-order valence-corrected chi connectivity index (χ4v) is 2.39. The van der Waals surface area contributed by atoms with Crippen molar-refractivity contribution < 1.29 is 14.3 Å². The molecule has 5 heteroatoms. The van der Waals surface area contributed by atoms with E-state index in [1.807, 2.05) is 20.8 Å². The molecule has 0 unspecified atom stereocenters. The first-order valence-corrected chi connectivity index (χ1v) is 7.35. The average Bonchev–Trinajstić information content (AvgIpc) is 2.49. The number of ketones is 1. The number of urea groups is 1. The van der Waals surface area contributed by atoms with Gasteiger partial charge in [-0.25, -0.2) is 4.79 Å². The Morgan fingerprint density at radius 1 is 1.38 bits per heavy atom. The Kier molecular flexibility index (Phi) is 4.96. The van der Waals surface area contributed by atoms with Gasteiger partial charge in [-0.15, -0.1) is 0 Å². The molecule has 2 rings (SSSR count). The van der Waals surface area contributed by atoms with Crippen LogP contribution in [0.5, 0.6) is 0 Å². The van der Waals surface area contributed by atoms with Crippen LogP contribution in [-0.4, -0.2) is 42.0 Å². The minimum Gasteiger partial charge on any atom is -0.375 e. The molecule has 1 aliphatic heterocycles. The number of benzene rings is 1. The van der Waals surface area contributed by atoms with Crippen LogP contribution in [0.4, 0.5) is 10.5 Å². The third kappa shape index (κ3) is 3.61. The summed E-state index contributed by atoms with van der Waals surface area (Å²) in [6.45, 7) is 6.88. The van der Waals surface area contributed by atoms with E-state index in [0.29, 0.717) is 30.8 Å². The van der Waals surface area contributed by atoms with Crippen LogP contribution >= 0.6 is 0 Å². The molecule has 1 saturated heterocycles. The highest BCUT2D eigenvalue weighted by molar-refractivity contribution is 5.98. The lowest BCUT2D eigenvalue weighted by Gasteiger charge is -2.37. The molecule has 0 saturated carbocycles. The predicted octanol–water partition coefficient (Wildman–Crippen LogP) is 2.92. The van der Waals surface area contributed by atoms with Crippen molar-refractivity contribution in [2.75, 3.05) is 18.5 Å². The summed E-state index contributed by atoms with van der Waals surface area (Å²) in [4.78, 5) is 25.8. The Hall–Kier alpha value is -1.88. The SMILES string of the molecule is CCC(=O)c1cccc(NC(=O)N2CCO[C@H](C)[C@@H]2C)c1. The normalized spacial score (nSPS) is 22.0. The van der Waals surface area contributed by atoms with Gasteiger partial charge in [0.05, 0.1) is 18.8 Å². The van der Waals surface area contributed by atoms with E-state index in [1.54, 1.807) is 29.2 Å². The van der Waals surface area contributed by atoms with Crippen LogP contribution in [0, 0.1) is 0 Å². The number of nitrogens with zero attached hydrogens (tertiary/aromatic N) is 1. The summed E-state index contributed by atoms with van der Waals surface area (Å²) in [6, 6.07) is 6.93. The molecule has 2 amide bonds. The van der Waals surface area contributed by atoms with Gasteiger partial charge in [-0.05, 0) is 26.0 Å². The van der Waals surface area contributed by atoms with Crippen LogP contribution < -0.4 is 5.32 Å². The summed E-state index contributed by atoms with van der Waals surface area (Å²) in [5.41, 5.74) is 1.27. The van der Waals surface area contributed by atoms with Gasteiger partial charge in [0, 0.05) is 24.2 Å². The Morgan fingerprint density at radius 2 is 2.14 bits per heavy atom. The summed E-state index contributed by atoms with van der Waals surface area (Å²) < 4.78 is 5.52. The average molecular weight is 290 g/mol. The van der Waals surface area contributed by atoms with Gasteiger partial charge in [-0.2, -0.15) is 0 Å². The Morgan fingerprint density at radius 3 is 2.86 bits per heavy atom. The van der Waals surface area contributed by atoms with Gasteiger partial charge >= 0.3 is 6.03 Å². The second-order valence-electron chi connectivity index (χ2n) is 5.30. The summed E-state index contributed by atoms with van der Waals surface area (Å²) in [7, 11) is 0. The maximum Gasteiger partial charge on any atom is 0.322 e. The minimum atomic E-state index is -0.154. The summed E-state index contributed by atoms with van der Waals surface area (Å²) in [5, 5.41) is 2.86. The van der Waals surface area contributed by atoms with Crippen LogP contribution in [0.15, 0.2) is 24.3 Å². The second kappa shape index (κ2) is 6.72. The lowest BCUT2D eigenvalue weighted by atomic mass is 10.1. The van der Waals surface area contributed by atoms with Crippen molar-refractivity contribution in [2.45, 2.75) is 39.3 Å². The maximum atomic E-state index is 12.3. The van der Waals surface area contributed by atoms with Gasteiger partial charge in [-0.3, -0.25) is 4.79 Å². The van der Waals surface area contributed by atoms with E-state index in [0.717, 1.165) is 0 Å². The van der Waals surface area contributed by atoms with E-state index in [-0.39, 0.29) is 24.0 Å². The maximum absolute atomic E-state index is 12.3. The largest absolute Gasteiger partial charge is 0.375 e. The van der Waals surface area contributed by atoms with Gasteiger partial charge in [0.2, 0.25) is 0 Å². The third-order valence-electron chi connectivity index (χ3n) is 3.90. The molecule has 1 fully saturated rings. The highest BCUT2D eigenvalue weighted by atomic mass is 16.5. The summed E-state index contributed by atoms with van der Waals surface area (Å²) in [5.74, 6) is 0.0689. The summed E-state index contributed by atoms with van der Waals surface area (Å²) >= 11 is 0. The van der Waals surface area contributed by atoms with E-state index >= 15 is 0 Å². The number of hydrogen-bond donors (Lipinski definition) is 1. The predicted molar refractivity (Wildman–Crippen MR) is 81.7 cm³/mol. The number of rotatable bonds is 3. The van der Waals surface area contributed by atoms with Gasteiger partial charge < -0.3 is 15.0 Å². The number of carbonyl (C=O) groups excluding carboxylic acids is 2. The Balaban J connectivity index is 2.07. The highest BCUT2D eigenvalue weighted by Gasteiger charge is 2.29. The van der Waals surface area contributed by atoms with Crippen molar-refractivity contribution in [1.29, 1.82) is 0 Å². The van der Waals surface area contributed by atoms with Gasteiger partial charge in [0.15, 0.2) is 5.78 Å². The third-order valence-corrected chi connectivity index (χ3v) is 3.90. The number of morpholine rings is 1. The first-order valence-electron chi connectivity index (χ1n) is 7.35. The van der Waals surface area contributed by atoms with E-state index < -0.39 is 0 Å². The number of Topliss-reactive ketones (excluding diaryl/α,β-unsaturated/α-hetero) is 1. The van der Waals surface area contributed by atoms with Crippen molar-refractivity contribution in [3.63, 3.8) is 0 Å². The molecule has 0 radical (unpaired) electrons. The molecule has 1 heterocycles. The van der Waals surface area contributed by atoms with Crippen molar-refractivity contribution in [1.82, 2.24) is 4.90 Å². The molecule has 1 aromatic rings. The summed E-state index contributed by atoms with van der Waals surface area (Å²) in [6.07, 6.45) is 0.479. The number of anilines is 1. The molecule has 1 N–H and O–H groups in total. The monoisotopic (exact) mass is 290 g/mol. The lowest BCUT2D eigenvalue weighted by Crippen LogP contribution is -2.52. The van der Waals surface area contributed by atoms with Crippen molar-refractivity contribution in [2.24, 2.45) is 0 Å². The molecule has 0 spiro atoms. The van der Waals surface area contributed by atoms with Crippen LogP contribution in [-0.2, 0) is 4.74 Å². The first kappa shape index (κ1) is 15.5. The molecule has 21 heavy (non-hydrogen) atoms. The van der Waals surface area contributed by atoms with Crippen LogP contribution in [0.25, 0.3) is 0 Å². The van der Waals surface area contributed by atoms with E-state index in [4.69, 9.17) is 4.74 Å². The molecule has 0 aliphatic carbocycles. The molecule has 1 aromatic carbocycles. The molecular weight excluding hydrogens is 268 g/mol. The van der Waals surface area contributed by atoms with Crippen molar-refractivity contribution >= 4 is 17.5 Å². The zero-order chi connectivity index (χ0) is 15.4. The van der Waals surface area contributed by atoms with Gasteiger partial charge in [0.1, 0.15) is 0 Å². The van der Waals surface area contributed by atoms with Crippen LogP contribution in [0.3, 0.4) is 0 Å².